The quantitative estimate of drug-likeness (QED) is 0.753. The molecule has 1 aliphatic heterocycles. The first-order chi connectivity index (χ1) is 6.81. The normalized spacial score (nSPS) is 24.0. The Morgan fingerprint density at radius 3 is 3.21 bits per heavy atom. The van der Waals surface area contributed by atoms with E-state index in [9.17, 15) is 0 Å². The van der Waals surface area contributed by atoms with Crippen LogP contribution in [0.3, 0.4) is 0 Å². The van der Waals surface area contributed by atoms with E-state index in [1.165, 1.54) is 19.4 Å². The van der Waals surface area contributed by atoms with E-state index in [4.69, 9.17) is 5.11 Å². The highest BCUT2D eigenvalue weighted by Crippen LogP contribution is 2.21. The van der Waals surface area contributed by atoms with Gasteiger partial charge in [0.15, 0.2) is 0 Å². The van der Waals surface area contributed by atoms with Crippen LogP contribution in [-0.4, -0.2) is 39.7 Å². The molecule has 0 aliphatic carbocycles. The summed E-state index contributed by atoms with van der Waals surface area (Å²) < 4.78 is 2.11. The Balaban J connectivity index is 2.13. The molecule has 2 rings (SSSR count). The molecule has 4 nitrogen and oxygen atoms in total. The van der Waals surface area contributed by atoms with E-state index < -0.39 is 0 Å². The van der Waals surface area contributed by atoms with Crippen molar-refractivity contribution in [1.82, 2.24) is 14.5 Å². The molecule has 1 aromatic heterocycles. The van der Waals surface area contributed by atoms with Crippen LogP contribution >= 0.6 is 0 Å². The van der Waals surface area contributed by atoms with Gasteiger partial charge in [-0.15, -0.1) is 0 Å². The topological polar surface area (TPSA) is 41.3 Å². The third-order valence-electron chi connectivity index (χ3n) is 2.90. The van der Waals surface area contributed by atoms with Crippen LogP contribution in [0.4, 0.5) is 0 Å². The van der Waals surface area contributed by atoms with Crippen LogP contribution in [0.1, 0.15) is 24.6 Å². The molecule has 2 heterocycles. The van der Waals surface area contributed by atoms with Crippen molar-refractivity contribution >= 4 is 0 Å². The summed E-state index contributed by atoms with van der Waals surface area (Å²) in [6.45, 7) is 2.32. The number of aliphatic hydroxyl groups excluding tert-OH is 1. The second-order valence-electron chi connectivity index (χ2n) is 4.01. The lowest BCUT2D eigenvalue weighted by Gasteiger charge is -2.31. The zero-order valence-corrected chi connectivity index (χ0v) is 8.56. The fourth-order valence-corrected chi connectivity index (χ4v) is 2.15. The van der Waals surface area contributed by atoms with Crippen LogP contribution in [0.15, 0.2) is 12.5 Å². The molecule has 1 saturated heterocycles. The van der Waals surface area contributed by atoms with Gasteiger partial charge in [0.25, 0.3) is 0 Å². The molecule has 1 aromatic rings. The number of rotatable bonds is 2. The second kappa shape index (κ2) is 4.11. The standard InChI is InChI=1S/C10H17N3O/c1-12-4-2-3-9(6-12)13-8-11-5-10(13)7-14/h5,8-9,14H,2-4,6-7H2,1H3. The first kappa shape index (κ1) is 9.68. The van der Waals surface area contributed by atoms with E-state index in [0.717, 1.165) is 12.2 Å². The lowest BCUT2D eigenvalue weighted by molar-refractivity contribution is 0.199. The van der Waals surface area contributed by atoms with Crippen LogP contribution in [0.5, 0.6) is 0 Å². The zero-order valence-electron chi connectivity index (χ0n) is 8.56. The molecular weight excluding hydrogens is 178 g/mol. The van der Waals surface area contributed by atoms with E-state index >= 15 is 0 Å². The molecule has 0 amide bonds. The van der Waals surface area contributed by atoms with Gasteiger partial charge >= 0.3 is 0 Å². The summed E-state index contributed by atoms with van der Waals surface area (Å²) in [5, 5.41) is 9.13. The molecule has 0 radical (unpaired) electrons. The van der Waals surface area contributed by atoms with Gasteiger partial charge in [0.2, 0.25) is 0 Å². The summed E-state index contributed by atoms with van der Waals surface area (Å²) in [4.78, 5) is 6.41. The highest BCUT2D eigenvalue weighted by molar-refractivity contribution is 4.99. The Morgan fingerprint density at radius 1 is 1.64 bits per heavy atom. The fourth-order valence-electron chi connectivity index (χ4n) is 2.15. The fraction of sp³-hybridized carbons (Fsp3) is 0.700. The van der Waals surface area contributed by atoms with Crippen molar-refractivity contribution in [3.63, 3.8) is 0 Å². The van der Waals surface area contributed by atoms with Gasteiger partial charge in [0.1, 0.15) is 0 Å². The van der Waals surface area contributed by atoms with Gasteiger partial charge in [-0.3, -0.25) is 0 Å². The Labute approximate surface area is 84.2 Å². The SMILES string of the molecule is CN1CCCC(n2cncc2CO)C1. The minimum Gasteiger partial charge on any atom is -0.390 e. The number of hydrogen-bond acceptors (Lipinski definition) is 3. The Kier molecular flexibility index (Phi) is 2.84. The van der Waals surface area contributed by atoms with Crippen LogP contribution in [0, 0.1) is 0 Å². The molecule has 1 atom stereocenters. The number of aromatic nitrogens is 2. The first-order valence-corrected chi connectivity index (χ1v) is 5.11. The van der Waals surface area contributed by atoms with Crippen molar-refractivity contribution in [3.8, 4) is 0 Å². The first-order valence-electron chi connectivity index (χ1n) is 5.11. The second-order valence-corrected chi connectivity index (χ2v) is 4.01. The Morgan fingerprint density at radius 2 is 2.50 bits per heavy atom. The van der Waals surface area contributed by atoms with Crippen molar-refractivity contribution in [3.05, 3.63) is 18.2 Å². The van der Waals surface area contributed by atoms with Gasteiger partial charge in [-0.05, 0) is 26.4 Å². The van der Waals surface area contributed by atoms with E-state index in [-0.39, 0.29) is 6.61 Å². The minimum atomic E-state index is 0.0835. The lowest BCUT2D eigenvalue weighted by atomic mass is 10.1. The monoisotopic (exact) mass is 195 g/mol. The number of hydrogen-bond donors (Lipinski definition) is 1. The van der Waals surface area contributed by atoms with Gasteiger partial charge in [0.05, 0.1) is 24.8 Å². The highest BCUT2D eigenvalue weighted by atomic mass is 16.3. The van der Waals surface area contributed by atoms with Gasteiger partial charge in [0, 0.05) is 12.6 Å². The molecule has 0 spiro atoms. The van der Waals surface area contributed by atoms with Gasteiger partial charge in [-0.1, -0.05) is 0 Å². The third-order valence-corrected chi connectivity index (χ3v) is 2.90. The number of piperidine rings is 1. The predicted molar refractivity (Wildman–Crippen MR) is 53.9 cm³/mol. The van der Waals surface area contributed by atoms with Gasteiger partial charge in [-0.2, -0.15) is 0 Å². The van der Waals surface area contributed by atoms with Crippen molar-refractivity contribution in [2.24, 2.45) is 0 Å². The number of imidazole rings is 1. The molecule has 1 fully saturated rings. The van der Waals surface area contributed by atoms with E-state index in [1.807, 2.05) is 6.33 Å². The summed E-state index contributed by atoms with van der Waals surface area (Å²) >= 11 is 0. The minimum absolute atomic E-state index is 0.0835. The molecule has 78 valence electrons. The summed E-state index contributed by atoms with van der Waals surface area (Å²) in [6, 6.07) is 0.485. The molecule has 14 heavy (non-hydrogen) atoms. The smallest absolute Gasteiger partial charge is 0.0951 e. The maximum Gasteiger partial charge on any atom is 0.0951 e. The number of aliphatic hydroxyl groups is 1. The van der Waals surface area contributed by atoms with Crippen LogP contribution in [-0.2, 0) is 6.61 Å². The summed E-state index contributed by atoms with van der Waals surface area (Å²) in [5.41, 5.74) is 0.922. The van der Waals surface area contributed by atoms with Crippen molar-refractivity contribution in [2.75, 3.05) is 20.1 Å². The molecule has 0 aromatic carbocycles. The maximum absolute atomic E-state index is 9.13. The summed E-state index contributed by atoms with van der Waals surface area (Å²) in [6.07, 6.45) is 5.99. The largest absolute Gasteiger partial charge is 0.390 e. The number of likely N-dealkylation sites (tertiary alicyclic amines) is 1. The van der Waals surface area contributed by atoms with Crippen molar-refractivity contribution < 1.29 is 5.11 Å². The zero-order chi connectivity index (χ0) is 9.97. The van der Waals surface area contributed by atoms with Gasteiger partial charge in [-0.25, -0.2) is 4.98 Å². The van der Waals surface area contributed by atoms with Gasteiger partial charge < -0.3 is 14.6 Å². The maximum atomic E-state index is 9.13. The van der Waals surface area contributed by atoms with E-state index in [2.05, 4.69) is 21.5 Å². The van der Waals surface area contributed by atoms with Crippen molar-refractivity contribution in [1.29, 1.82) is 0 Å². The number of likely N-dealkylation sites (N-methyl/N-ethyl adjacent to an activating group) is 1. The molecular formula is C10H17N3O. The molecule has 1 unspecified atom stereocenters. The molecule has 1 N–H and O–H groups in total. The van der Waals surface area contributed by atoms with Crippen LogP contribution in [0.25, 0.3) is 0 Å². The van der Waals surface area contributed by atoms with Crippen molar-refractivity contribution in [2.45, 2.75) is 25.5 Å². The highest BCUT2D eigenvalue weighted by Gasteiger charge is 2.19. The molecule has 4 heteroatoms. The summed E-state index contributed by atoms with van der Waals surface area (Å²) in [5.74, 6) is 0. The lowest BCUT2D eigenvalue weighted by Crippen LogP contribution is -2.33. The molecule has 1 aliphatic rings. The average Bonchev–Trinajstić information content (AvgIpc) is 2.65. The third kappa shape index (κ3) is 1.81. The van der Waals surface area contributed by atoms with E-state index in [0.29, 0.717) is 6.04 Å². The average molecular weight is 195 g/mol. The number of nitrogens with zero attached hydrogens (tertiary/aromatic N) is 3. The summed E-state index contributed by atoms with van der Waals surface area (Å²) in [7, 11) is 2.14. The Bertz CT molecular complexity index is 297. The van der Waals surface area contributed by atoms with Crippen LogP contribution in [0.2, 0.25) is 0 Å². The predicted octanol–water partition coefficient (Wildman–Crippen LogP) is 0.642. The molecule has 0 saturated carbocycles. The molecule has 0 bridgehead atoms. The van der Waals surface area contributed by atoms with Crippen LogP contribution < -0.4 is 0 Å². The van der Waals surface area contributed by atoms with E-state index in [1.54, 1.807) is 6.20 Å². The Hall–Kier alpha value is -0.870.